The summed E-state index contributed by atoms with van der Waals surface area (Å²) in [5.41, 5.74) is 4.68. The Morgan fingerprint density at radius 2 is 1.85 bits per heavy atom. The second kappa shape index (κ2) is 10.2. The Kier molecular flexibility index (Phi) is 6.77. The first-order valence-electron chi connectivity index (χ1n) is 13.1. The van der Waals surface area contributed by atoms with Crippen LogP contribution in [0.4, 0.5) is 4.39 Å². The van der Waals surface area contributed by atoms with Gasteiger partial charge in [0.1, 0.15) is 10.6 Å². The highest BCUT2D eigenvalue weighted by atomic mass is 32.2. The molecule has 8 heteroatoms. The van der Waals surface area contributed by atoms with Crippen molar-refractivity contribution in [1.82, 2.24) is 14.1 Å². The number of rotatable bonds is 6. The molecule has 0 saturated heterocycles. The van der Waals surface area contributed by atoms with Crippen molar-refractivity contribution in [1.29, 1.82) is 0 Å². The number of Topliss-reactive ketones (excluding diaryl/α,β-unsaturated/α-hetero) is 1. The summed E-state index contributed by atoms with van der Waals surface area (Å²) in [4.78, 5) is 34.4. The predicted octanol–water partition coefficient (Wildman–Crippen LogP) is 7.09. The molecular weight excluding hydrogens is 529 g/mol. The molecule has 0 saturated carbocycles. The van der Waals surface area contributed by atoms with Crippen LogP contribution >= 0.6 is 23.1 Å². The van der Waals surface area contributed by atoms with Crippen LogP contribution in [0.5, 0.6) is 0 Å². The zero-order chi connectivity index (χ0) is 27.3. The Hall–Kier alpha value is -3.49. The first kappa shape index (κ1) is 25.8. The number of aryl methyl sites for hydroxylation is 2. The minimum absolute atomic E-state index is 0.0657. The van der Waals surface area contributed by atoms with E-state index in [9.17, 15) is 14.0 Å². The quantitative estimate of drug-likeness (QED) is 0.127. The SMILES string of the molecule is Cc1cc(C(=O)CSc2nc3sc4c(c3c(=O)n2-c2ccccc2)CC[C@@H](C)C4)c(C)n1-c1cccc(F)c1. The van der Waals surface area contributed by atoms with Gasteiger partial charge >= 0.3 is 0 Å². The number of halogens is 1. The van der Waals surface area contributed by atoms with Crippen molar-refractivity contribution in [3.05, 3.63) is 104 Å². The van der Waals surface area contributed by atoms with Gasteiger partial charge in [-0.05, 0) is 81.0 Å². The summed E-state index contributed by atoms with van der Waals surface area (Å²) in [5, 5.41) is 1.23. The Labute approximate surface area is 234 Å². The van der Waals surface area contributed by atoms with E-state index in [0.717, 1.165) is 52.1 Å². The zero-order valence-electron chi connectivity index (χ0n) is 22.0. The summed E-state index contributed by atoms with van der Waals surface area (Å²) < 4.78 is 17.4. The van der Waals surface area contributed by atoms with Crippen LogP contribution < -0.4 is 5.56 Å². The number of fused-ring (bicyclic) bond motifs is 3. The van der Waals surface area contributed by atoms with Gasteiger partial charge in [0.05, 0.1) is 16.8 Å². The van der Waals surface area contributed by atoms with Gasteiger partial charge in [0.25, 0.3) is 5.56 Å². The molecule has 1 aliphatic rings. The zero-order valence-corrected chi connectivity index (χ0v) is 23.7. The molecule has 6 rings (SSSR count). The number of carbonyl (C=O) groups excluding carboxylic acids is 1. The van der Waals surface area contributed by atoms with Gasteiger partial charge in [-0.2, -0.15) is 0 Å². The van der Waals surface area contributed by atoms with Crippen LogP contribution in [-0.4, -0.2) is 25.7 Å². The number of hydrogen-bond donors (Lipinski definition) is 0. The van der Waals surface area contributed by atoms with Gasteiger partial charge in [0, 0.05) is 27.5 Å². The van der Waals surface area contributed by atoms with Crippen LogP contribution in [0.3, 0.4) is 0 Å². The molecule has 0 fully saturated rings. The number of thiophene rings is 1. The second-order valence-corrected chi connectivity index (χ2v) is 12.2. The van der Waals surface area contributed by atoms with Gasteiger partial charge < -0.3 is 4.57 Å². The number of benzene rings is 2. The van der Waals surface area contributed by atoms with E-state index < -0.39 is 0 Å². The van der Waals surface area contributed by atoms with E-state index in [-0.39, 0.29) is 22.9 Å². The average Bonchev–Trinajstić information content (AvgIpc) is 3.43. The Bertz CT molecular complexity index is 1790. The molecule has 5 aromatic rings. The normalized spacial score (nSPS) is 15.0. The van der Waals surface area contributed by atoms with Crippen molar-refractivity contribution in [3.8, 4) is 11.4 Å². The molecule has 0 aliphatic heterocycles. The van der Waals surface area contributed by atoms with Crippen LogP contribution in [0.25, 0.3) is 21.6 Å². The summed E-state index contributed by atoms with van der Waals surface area (Å²) in [6.45, 7) is 6.03. The molecule has 0 amide bonds. The molecule has 198 valence electrons. The lowest BCUT2D eigenvalue weighted by atomic mass is 9.89. The summed E-state index contributed by atoms with van der Waals surface area (Å²) in [6, 6.07) is 17.7. The van der Waals surface area contributed by atoms with Crippen LogP contribution in [0.15, 0.2) is 70.6 Å². The molecule has 3 heterocycles. The van der Waals surface area contributed by atoms with Gasteiger partial charge in [-0.1, -0.05) is 43.0 Å². The molecule has 0 unspecified atom stereocenters. The highest BCUT2D eigenvalue weighted by Crippen LogP contribution is 2.37. The molecule has 1 atom stereocenters. The van der Waals surface area contributed by atoms with Crippen molar-refractivity contribution in [3.63, 3.8) is 0 Å². The van der Waals surface area contributed by atoms with Gasteiger partial charge in [0.2, 0.25) is 0 Å². The van der Waals surface area contributed by atoms with E-state index in [1.807, 2.05) is 60.9 Å². The van der Waals surface area contributed by atoms with E-state index >= 15 is 0 Å². The van der Waals surface area contributed by atoms with Crippen molar-refractivity contribution in [2.75, 3.05) is 5.75 Å². The molecule has 2 aromatic carbocycles. The van der Waals surface area contributed by atoms with Crippen LogP contribution in [0.1, 0.15) is 45.5 Å². The maximum atomic E-state index is 14.0. The summed E-state index contributed by atoms with van der Waals surface area (Å²) in [6.07, 6.45) is 2.94. The van der Waals surface area contributed by atoms with Crippen molar-refractivity contribution in [2.24, 2.45) is 5.92 Å². The van der Waals surface area contributed by atoms with Gasteiger partial charge in [0.15, 0.2) is 10.9 Å². The van der Waals surface area contributed by atoms with Crippen molar-refractivity contribution in [2.45, 2.75) is 45.2 Å². The Balaban J connectivity index is 1.38. The largest absolute Gasteiger partial charge is 0.318 e. The fourth-order valence-electron chi connectivity index (χ4n) is 5.54. The Morgan fingerprint density at radius 1 is 1.08 bits per heavy atom. The minimum atomic E-state index is -0.325. The van der Waals surface area contributed by atoms with E-state index in [0.29, 0.717) is 22.3 Å². The highest BCUT2D eigenvalue weighted by Gasteiger charge is 2.26. The third-order valence-corrected chi connectivity index (χ3v) is 9.53. The van der Waals surface area contributed by atoms with E-state index in [1.54, 1.807) is 22.0 Å². The second-order valence-electron chi connectivity index (χ2n) is 10.2. The maximum absolute atomic E-state index is 14.0. The number of para-hydroxylation sites is 1. The summed E-state index contributed by atoms with van der Waals surface area (Å²) in [7, 11) is 0. The predicted molar refractivity (Wildman–Crippen MR) is 157 cm³/mol. The first-order valence-corrected chi connectivity index (χ1v) is 14.9. The number of nitrogens with zero attached hydrogens (tertiary/aromatic N) is 3. The third kappa shape index (κ3) is 4.66. The lowest BCUT2D eigenvalue weighted by Crippen LogP contribution is -2.23. The van der Waals surface area contributed by atoms with E-state index in [1.165, 1.54) is 28.8 Å². The first-order chi connectivity index (χ1) is 18.8. The molecule has 5 nitrogen and oxygen atoms in total. The molecule has 0 bridgehead atoms. The minimum Gasteiger partial charge on any atom is -0.318 e. The van der Waals surface area contributed by atoms with E-state index in [4.69, 9.17) is 4.98 Å². The lowest BCUT2D eigenvalue weighted by molar-refractivity contribution is 0.102. The average molecular weight is 558 g/mol. The van der Waals surface area contributed by atoms with Gasteiger partial charge in [-0.3, -0.25) is 14.2 Å². The standard InChI is InChI=1S/C31H28FN3O2S2/c1-18-12-13-24-27(14-18)39-29-28(24)30(37)35(22-9-5-4-6-10-22)31(33-29)38-17-26(36)25-15-19(2)34(20(25)3)23-11-7-8-21(32)16-23/h4-11,15-16,18H,12-14,17H2,1-3H3/t18-/m1/s1. The lowest BCUT2D eigenvalue weighted by Gasteiger charge is -2.17. The summed E-state index contributed by atoms with van der Waals surface area (Å²) in [5.74, 6) is 0.331. The van der Waals surface area contributed by atoms with Crippen molar-refractivity contribution >= 4 is 39.1 Å². The molecule has 0 N–H and O–H groups in total. The number of aromatic nitrogens is 3. The summed E-state index contributed by atoms with van der Waals surface area (Å²) >= 11 is 2.90. The smallest absolute Gasteiger partial charge is 0.267 e. The maximum Gasteiger partial charge on any atom is 0.267 e. The van der Waals surface area contributed by atoms with Crippen LogP contribution in [0, 0.1) is 25.6 Å². The van der Waals surface area contributed by atoms with Crippen molar-refractivity contribution < 1.29 is 9.18 Å². The van der Waals surface area contributed by atoms with Gasteiger partial charge in [-0.25, -0.2) is 9.37 Å². The molecule has 1 aliphatic carbocycles. The highest BCUT2D eigenvalue weighted by molar-refractivity contribution is 7.99. The molecule has 39 heavy (non-hydrogen) atoms. The molecule has 0 spiro atoms. The van der Waals surface area contributed by atoms with Gasteiger partial charge in [-0.15, -0.1) is 11.3 Å². The molecular formula is C31H28FN3O2S2. The fourth-order valence-corrected chi connectivity index (χ4v) is 7.86. The molecule has 0 radical (unpaired) electrons. The number of hydrogen-bond acceptors (Lipinski definition) is 5. The van der Waals surface area contributed by atoms with E-state index in [2.05, 4.69) is 6.92 Å². The fraction of sp³-hybridized carbons (Fsp3) is 0.258. The number of carbonyl (C=O) groups is 1. The van der Waals surface area contributed by atoms with Crippen LogP contribution in [0.2, 0.25) is 0 Å². The third-order valence-electron chi connectivity index (χ3n) is 7.44. The topological polar surface area (TPSA) is 56.9 Å². The number of thioether (sulfide) groups is 1. The number of ketones is 1. The van der Waals surface area contributed by atoms with Crippen LogP contribution in [-0.2, 0) is 12.8 Å². The Morgan fingerprint density at radius 3 is 2.62 bits per heavy atom. The molecule has 3 aromatic heterocycles. The monoisotopic (exact) mass is 557 g/mol.